The number of rotatable bonds is 7. The summed E-state index contributed by atoms with van der Waals surface area (Å²) in [5.74, 6) is -8.17. The van der Waals surface area contributed by atoms with E-state index in [0.717, 1.165) is 5.57 Å². The highest BCUT2D eigenvalue weighted by Crippen LogP contribution is 2.47. The third kappa shape index (κ3) is 15.3. The first kappa shape index (κ1) is 62.5. The third-order valence-electron chi connectivity index (χ3n) is 17.9. The van der Waals surface area contributed by atoms with Crippen molar-refractivity contribution in [2.45, 2.75) is 258 Å². The molecule has 19 nitrogen and oxygen atoms in total. The van der Waals surface area contributed by atoms with E-state index in [4.69, 9.17) is 54.2 Å². The van der Waals surface area contributed by atoms with Gasteiger partial charge in [-0.1, -0.05) is 82.3 Å². The largest absolute Gasteiger partial charge is 0.459 e. The maximum atomic E-state index is 14.2. The summed E-state index contributed by atoms with van der Waals surface area (Å²) in [5, 5.41) is 93.4. The number of ketones is 1. The minimum absolute atomic E-state index is 0.00429. The molecule has 20 heteroatoms. The van der Waals surface area contributed by atoms with Gasteiger partial charge in [0.2, 0.25) is 0 Å². The van der Waals surface area contributed by atoms with Crippen molar-refractivity contribution in [3.8, 4) is 0 Å². The van der Waals surface area contributed by atoms with E-state index in [-0.39, 0.29) is 87.2 Å². The number of aliphatic hydroxyl groups excluding tert-OH is 6. The molecule has 8 aliphatic heterocycles. The van der Waals surface area contributed by atoms with Crippen LogP contribution in [0.25, 0.3) is 0 Å². The molecule has 446 valence electrons. The zero-order chi connectivity index (χ0) is 57.4. The molecule has 8 aliphatic rings. The van der Waals surface area contributed by atoms with Gasteiger partial charge in [0.15, 0.2) is 17.4 Å². The average Bonchev–Trinajstić information content (AvgIpc) is 3.82. The molecular formula is C59H89ClO19. The Labute approximate surface area is 469 Å². The second-order valence-electron chi connectivity index (χ2n) is 24.9. The Kier molecular flexibility index (Phi) is 20.4. The smallest absolute Gasteiger partial charge is 0.308 e. The van der Waals surface area contributed by atoms with Crippen molar-refractivity contribution in [1.29, 1.82) is 0 Å². The molecule has 7 fully saturated rings. The van der Waals surface area contributed by atoms with Crippen LogP contribution in [0.1, 0.15) is 137 Å². The molecule has 12 bridgehead atoms. The Hall–Kier alpha value is -2.51. The molecular weight excluding hydrogens is 1050 g/mol. The van der Waals surface area contributed by atoms with Crippen LogP contribution in [0.5, 0.6) is 0 Å². The molecule has 8 rings (SSSR count). The zero-order valence-electron chi connectivity index (χ0n) is 46.8. The number of ether oxygens (including phenoxy) is 9. The number of Topliss-reactive ketones (excluding diaryl/α,β-unsaturated/α-hetero) is 1. The van der Waals surface area contributed by atoms with Gasteiger partial charge in [0.25, 0.3) is 0 Å². The van der Waals surface area contributed by atoms with Crippen LogP contribution in [-0.4, -0.2) is 187 Å². The number of fused-ring (bicyclic) bond motifs is 10. The highest BCUT2D eigenvalue weighted by molar-refractivity contribution is 6.30. The molecule has 0 amide bonds. The first-order valence-corrected chi connectivity index (χ1v) is 29.1. The van der Waals surface area contributed by atoms with Crippen LogP contribution < -0.4 is 0 Å². The predicted octanol–water partition coefficient (Wildman–Crippen LogP) is 4.79. The van der Waals surface area contributed by atoms with E-state index in [0.29, 0.717) is 44.1 Å². The van der Waals surface area contributed by atoms with Gasteiger partial charge >= 0.3 is 5.97 Å². The van der Waals surface area contributed by atoms with Gasteiger partial charge in [-0.25, -0.2) is 0 Å². The van der Waals surface area contributed by atoms with E-state index < -0.39 is 145 Å². The fourth-order valence-corrected chi connectivity index (χ4v) is 14.0. The molecule has 0 saturated carbocycles. The number of carbonyl (C=O) groups is 2. The Bertz CT molecular complexity index is 2240. The fraction of sp³-hybridized carbons (Fsp3) is 0.797. The molecule has 0 aromatic carbocycles. The lowest BCUT2D eigenvalue weighted by Gasteiger charge is -2.51. The molecule has 0 aromatic rings. The Balaban J connectivity index is 1.08. The summed E-state index contributed by atoms with van der Waals surface area (Å²) in [6.07, 6.45) is -4.63. The summed E-state index contributed by atoms with van der Waals surface area (Å²) in [7, 11) is 1.61. The molecule has 79 heavy (non-hydrogen) atoms. The minimum atomic E-state index is -2.37. The van der Waals surface area contributed by atoms with E-state index in [1.54, 1.807) is 27.9 Å². The number of allylic oxidation sites excluding steroid dienone is 3. The van der Waals surface area contributed by atoms with Crippen LogP contribution in [0.2, 0.25) is 0 Å². The van der Waals surface area contributed by atoms with E-state index in [1.807, 2.05) is 32.1 Å². The Morgan fingerprint density at radius 2 is 1.53 bits per heavy atom. The van der Waals surface area contributed by atoms with Crippen molar-refractivity contribution in [2.24, 2.45) is 23.7 Å². The lowest BCUT2D eigenvalue weighted by molar-refractivity contribution is -0.350. The highest BCUT2D eigenvalue weighted by atomic mass is 35.5. The summed E-state index contributed by atoms with van der Waals surface area (Å²) < 4.78 is 57.8. The van der Waals surface area contributed by atoms with Crippen LogP contribution in [0, 0.1) is 23.7 Å². The van der Waals surface area contributed by atoms with Gasteiger partial charge in [0.05, 0.1) is 98.0 Å². The van der Waals surface area contributed by atoms with Crippen LogP contribution >= 0.6 is 11.6 Å². The molecule has 24 unspecified atom stereocenters. The number of hydrogen-bond acceptors (Lipinski definition) is 19. The molecule has 24 atom stereocenters. The third-order valence-corrected chi connectivity index (χ3v) is 18.1. The summed E-state index contributed by atoms with van der Waals surface area (Å²) in [6.45, 7) is 16.8. The first-order chi connectivity index (χ1) is 37.2. The van der Waals surface area contributed by atoms with Crippen molar-refractivity contribution in [3.63, 3.8) is 0 Å². The molecule has 8 heterocycles. The SMILES string of the molecule is C=C(Cl)/C=C/C(O)CC(=C)CC1OC2C(C)C(OC(=O)CC3CC(O)CC4(CC(C)(O)CC(/C=C5/COC(C(C)C(=O)CC6CC(OC)CC7(CC(O)CC(/C=C\CCCC8OC(O)(CC(O)C8C)C2O)O7)O6)C5C)O4)O3)C1O. The van der Waals surface area contributed by atoms with Gasteiger partial charge in [-0.3, -0.25) is 9.59 Å². The lowest BCUT2D eigenvalue weighted by Crippen LogP contribution is -2.65. The van der Waals surface area contributed by atoms with Crippen LogP contribution in [-0.2, 0) is 52.2 Å². The topological polar surface area (TPSA) is 279 Å². The monoisotopic (exact) mass is 1140 g/mol. The van der Waals surface area contributed by atoms with Gasteiger partial charge in [-0.2, -0.15) is 0 Å². The van der Waals surface area contributed by atoms with Crippen molar-refractivity contribution in [1.82, 2.24) is 0 Å². The van der Waals surface area contributed by atoms with Crippen molar-refractivity contribution in [3.05, 3.63) is 59.7 Å². The number of halogens is 1. The quantitative estimate of drug-likeness (QED) is 0.0967. The first-order valence-electron chi connectivity index (χ1n) is 28.7. The van der Waals surface area contributed by atoms with Gasteiger partial charge < -0.3 is 83.5 Å². The number of carbonyl (C=O) groups excluding carboxylic acids is 2. The van der Waals surface area contributed by atoms with E-state index in [2.05, 4.69) is 13.2 Å². The summed E-state index contributed by atoms with van der Waals surface area (Å²) >= 11 is 5.88. The molecule has 7 saturated heterocycles. The fourth-order valence-electron chi connectivity index (χ4n) is 13.9. The van der Waals surface area contributed by atoms with E-state index in [9.17, 15) is 50.4 Å². The predicted molar refractivity (Wildman–Crippen MR) is 287 cm³/mol. The summed E-state index contributed by atoms with van der Waals surface area (Å²) in [5.41, 5.74) is -0.0333. The van der Waals surface area contributed by atoms with Gasteiger partial charge in [-0.15, -0.1) is 0 Å². The van der Waals surface area contributed by atoms with Crippen molar-refractivity contribution >= 4 is 23.4 Å². The van der Waals surface area contributed by atoms with Crippen molar-refractivity contribution < 1.29 is 93.1 Å². The number of esters is 1. The Morgan fingerprint density at radius 1 is 0.835 bits per heavy atom. The molecule has 0 radical (unpaired) electrons. The Morgan fingerprint density at radius 3 is 2.27 bits per heavy atom. The number of aliphatic hydroxyl groups is 8. The lowest BCUT2D eigenvalue weighted by atomic mass is 9.78. The standard InChI is InChI=1S/C59H89ClO19/c1-31(16-38(61)15-14-32(2)60)17-49-51(67)53-36(6)54(73-49)55(68)59(70)28-47(65)34(4)48(79-59)13-11-9-10-12-41-19-39(62)24-57(75-41)27-44(71-8)21-43(76-57)22-46(64)35(5)52-33(3)37(29-72-52)18-45-26-56(7,69)30-58(78-45)25-40(63)20-42(77-58)23-50(66)74-53/h10,12,14-15,18,33-36,38-45,47-49,51-55,61-63,65,67-70H,1-2,9,11,13,16-17,19-30H2,3-8H3/b12-10-,15-14+,37-18-. The summed E-state index contributed by atoms with van der Waals surface area (Å²) in [4.78, 5) is 28.4. The van der Waals surface area contributed by atoms with Crippen LogP contribution in [0.15, 0.2) is 59.7 Å². The minimum Gasteiger partial charge on any atom is -0.459 e. The second kappa shape index (κ2) is 25.8. The maximum absolute atomic E-state index is 14.2. The molecule has 8 N–H and O–H groups in total. The van der Waals surface area contributed by atoms with Gasteiger partial charge in [0, 0.05) is 100 Å². The van der Waals surface area contributed by atoms with Crippen LogP contribution in [0.3, 0.4) is 0 Å². The molecule has 2 spiro atoms. The normalized spacial score (nSPS) is 48.3. The maximum Gasteiger partial charge on any atom is 0.308 e. The second-order valence-corrected chi connectivity index (χ2v) is 25.3. The van der Waals surface area contributed by atoms with E-state index in [1.165, 1.54) is 12.2 Å². The van der Waals surface area contributed by atoms with Crippen LogP contribution in [0.4, 0.5) is 0 Å². The van der Waals surface area contributed by atoms with E-state index >= 15 is 0 Å². The number of methoxy groups -OCH3 is 1. The molecule has 0 aromatic heterocycles. The highest BCUT2D eigenvalue weighted by Gasteiger charge is 2.58. The van der Waals surface area contributed by atoms with Gasteiger partial charge in [-0.05, 0) is 50.7 Å². The van der Waals surface area contributed by atoms with Crippen molar-refractivity contribution in [2.75, 3.05) is 13.7 Å². The van der Waals surface area contributed by atoms with Gasteiger partial charge in [0.1, 0.15) is 24.1 Å². The molecule has 0 aliphatic carbocycles. The number of hydrogen-bond donors (Lipinski definition) is 8. The average molecular weight is 1140 g/mol. The zero-order valence-corrected chi connectivity index (χ0v) is 47.6. The summed E-state index contributed by atoms with van der Waals surface area (Å²) in [6, 6.07) is 0.